The van der Waals surface area contributed by atoms with Gasteiger partial charge in [0.1, 0.15) is 5.82 Å². The molecule has 5 nitrogen and oxygen atoms in total. The quantitative estimate of drug-likeness (QED) is 0.292. The molecule has 0 saturated heterocycles. The van der Waals surface area contributed by atoms with Gasteiger partial charge in [0.05, 0.1) is 5.56 Å². The Labute approximate surface area is 212 Å². The van der Waals surface area contributed by atoms with Gasteiger partial charge in [-0.2, -0.15) is 0 Å². The molecule has 1 amide bonds. The molecule has 1 aliphatic rings. The monoisotopic (exact) mass is 532 g/mol. The van der Waals surface area contributed by atoms with Crippen molar-refractivity contribution in [3.05, 3.63) is 93.3 Å². The predicted octanol–water partition coefficient (Wildman–Crippen LogP) is 6.57. The minimum atomic E-state index is -0.394. The SMILES string of the molecule is C/C=C(/C)c1ccccc1CCNC(=O)c1cc(C2CC2)n2nc(-c3ccc(Br)cc3F)nc2c1. The highest BCUT2D eigenvalue weighted by Crippen LogP contribution is 2.40. The molecule has 0 spiro atoms. The van der Waals surface area contributed by atoms with E-state index in [1.165, 1.54) is 22.8 Å². The Bertz CT molecular complexity index is 1450. The molecule has 35 heavy (non-hydrogen) atoms. The van der Waals surface area contributed by atoms with Gasteiger partial charge in [-0.15, -0.1) is 5.10 Å². The number of pyridine rings is 1. The number of allylic oxidation sites excluding steroid dienone is 2. The van der Waals surface area contributed by atoms with Gasteiger partial charge in [0.25, 0.3) is 5.91 Å². The van der Waals surface area contributed by atoms with E-state index in [1.807, 2.05) is 25.1 Å². The van der Waals surface area contributed by atoms with Crippen LogP contribution >= 0.6 is 15.9 Å². The van der Waals surface area contributed by atoms with Gasteiger partial charge in [-0.1, -0.05) is 46.3 Å². The van der Waals surface area contributed by atoms with Crippen LogP contribution < -0.4 is 5.32 Å². The van der Waals surface area contributed by atoms with Crippen LogP contribution in [0.5, 0.6) is 0 Å². The maximum Gasteiger partial charge on any atom is 0.251 e. The van der Waals surface area contributed by atoms with Crippen molar-refractivity contribution in [3.63, 3.8) is 0 Å². The summed E-state index contributed by atoms with van der Waals surface area (Å²) < 4.78 is 16.9. The van der Waals surface area contributed by atoms with Crippen LogP contribution in [0.1, 0.15) is 59.8 Å². The van der Waals surface area contributed by atoms with Gasteiger partial charge in [0.15, 0.2) is 11.5 Å². The van der Waals surface area contributed by atoms with Crippen molar-refractivity contribution in [3.8, 4) is 11.4 Å². The van der Waals surface area contributed by atoms with E-state index in [0.717, 1.165) is 25.0 Å². The molecule has 7 heteroatoms. The van der Waals surface area contributed by atoms with Crippen LogP contribution in [0.2, 0.25) is 0 Å². The predicted molar refractivity (Wildman–Crippen MR) is 140 cm³/mol. The number of nitrogens with zero attached hydrogens (tertiary/aromatic N) is 3. The largest absolute Gasteiger partial charge is 0.352 e. The normalized spacial score (nSPS) is 13.9. The Hall–Kier alpha value is -3.32. The van der Waals surface area contributed by atoms with Crippen LogP contribution in [0.25, 0.3) is 22.6 Å². The Morgan fingerprint density at radius 2 is 2.00 bits per heavy atom. The molecule has 4 aromatic rings. The average molecular weight is 533 g/mol. The van der Waals surface area contributed by atoms with Crippen molar-refractivity contribution in [1.29, 1.82) is 0 Å². The van der Waals surface area contributed by atoms with Crippen molar-refractivity contribution >= 4 is 33.1 Å². The van der Waals surface area contributed by atoms with Crippen molar-refractivity contribution in [2.24, 2.45) is 0 Å². The molecule has 2 heterocycles. The minimum Gasteiger partial charge on any atom is -0.352 e. The second kappa shape index (κ2) is 9.74. The van der Waals surface area contributed by atoms with Gasteiger partial charge in [0, 0.05) is 28.2 Å². The smallest absolute Gasteiger partial charge is 0.251 e. The fourth-order valence-corrected chi connectivity index (χ4v) is 4.62. The first-order valence-corrected chi connectivity index (χ1v) is 12.6. The van der Waals surface area contributed by atoms with Gasteiger partial charge < -0.3 is 5.32 Å². The molecule has 0 unspecified atom stereocenters. The third-order valence-electron chi connectivity index (χ3n) is 6.45. The molecule has 2 aromatic carbocycles. The summed E-state index contributed by atoms with van der Waals surface area (Å²) in [5.41, 5.74) is 6.00. The summed E-state index contributed by atoms with van der Waals surface area (Å²) in [6.45, 7) is 4.65. The van der Waals surface area contributed by atoms with E-state index >= 15 is 0 Å². The second-order valence-electron chi connectivity index (χ2n) is 8.91. The Morgan fingerprint density at radius 1 is 1.20 bits per heavy atom. The van der Waals surface area contributed by atoms with Crippen LogP contribution in [-0.2, 0) is 6.42 Å². The molecule has 1 aliphatic carbocycles. The molecule has 1 saturated carbocycles. The number of amides is 1. The number of aromatic nitrogens is 3. The number of hydrogen-bond donors (Lipinski definition) is 1. The van der Waals surface area contributed by atoms with Crippen LogP contribution in [-0.4, -0.2) is 27.0 Å². The first-order chi connectivity index (χ1) is 16.9. The number of carbonyl (C=O) groups is 1. The molecule has 1 fully saturated rings. The third-order valence-corrected chi connectivity index (χ3v) is 6.94. The minimum absolute atomic E-state index is 0.144. The summed E-state index contributed by atoms with van der Waals surface area (Å²) >= 11 is 3.28. The van der Waals surface area contributed by atoms with Crippen LogP contribution in [0.15, 0.2) is 65.1 Å². The zero-order valence-electron chi connectivity index (χ0n) is 19.7. The average Bonchev–Trinajstić information content (AvgIpc) is 3.61. The van der Waals surface area contributed by atoms with Crippen molar-refractivity contribution < 1.29 is 9.18 Å². The Kier molecular flexibility index (Phi) is 6.52. The van der Waals surface area contributed by atoms with Gasteiger partial charge in [-0.3, -0.25) is 4.79 Å². The third kappa shape index (κ3) is 4.91. The van der Waals surface area contributed by atoms with E-state index in [-0.39, 0.29) is 5.91 Å². The number of nitrogens with one attached hydrogen (secondary N) is 1. The number of fused-ring (bicyclic) bond motifs is 1. The van der Waals surface area contributed by atoms with Crippen LogP contribution in [0.3, 0.4) is 0 Å². The molecular formula is C28H26BrFN4O. The zero-order valence-corrected chi connectivity index (χ0v) is 21.3. The molecule has 1 N–H and O–H groups in total. The lowest BCUT2D eigenvalue weighted by Crippen LogP contribution is -2.26. The van der Waals surface area contributed by atoms with Gasteiger partial charge >= 0.3 is 0 Å². The van der Waals surface area contributed by atoms with E-state index in [9.17, 15) is 9.18 Å². The lowest BCUT2D eigenvalue weighted by molar-refractivity contribution is 0.0954. The van der Waals surface area contributed by atoms with Gasteiger partial charge in [-0.05, 0) is 80.1 Å². The molecular weight excluding hydrogens is 507 g/mol. The lowest BCUT2D eigenvalue weighted by Gasteiger charge is -2.11. The molecule has 5 rings (SSSR count). The number of benzene rings is 2. The topological polar surface area (TPSA) is 59.3 Å². The first-order valence-electron chi connectivity index (χ1n) is 11.8. The maximum atomic E-state index is 14.5. The standard InChI is InChI=1S/C28H26BrFN4O/c1-3-17(2)22-7-5-4-6-18(22)12-13-31-28(35)20-14-25(19-8-9-19)34-26(15-20)32-27(33-34)23-11-10-21(29)16-24(23)30/h3-7,10-11,14-16,19H,8-9,12-13H2,1-2H3,(H,31,35)/b17-3-. The van der Waals surface area contributed by atoms with Crippen molar-refractivity contribution in [2.75, 3.05) is 6.54 Å². The second-order valence-corrected chi connectivity index (χ2v) is 9.82. The summed E-state index contributed by atoms with van der Waals surface area (Å²) in [5.74, 6) is 0.110. The highest BCUT2D eigenvalue weighted by molar-refractivity contribution is 9.10. The van der Waals surface area contributed by atoms with Crippen molar-refractivity contribution in [2.45, 2.75) is 39.0 Å². The summed E-state index contributed by atoms with van der Waals surface area (Å²) in [4.78, 5) is 17.6. The maximum absolute atomic E-state index is 14.5. The van der Waals surface area contributed by atoms with Crippen LogP contribution in [0, 0.1) is 5.82 Å². The van der Waals surface area contributed by atoms with E-state index < -0.39 is 5.82 Å². The molecule has 0 aliphatic heterocycles. The summed E-state index contributed by atoms with van der Waals surface area (Å²) in [5, 5.41) is 7.64. The van der Waals surface area contributed by atoms with Gasteiger partial charge in [-0.25, -0.2) is 13.9 Å². The van der Waals surface area contributed by atoms with Crippen molar-refractivity contribution in [1.82, 2.24) is 19.9 Å². The Morgan fingerprint density at radius 3 is 2.74 bits per heavy atom. The zero-order chi connectivity index (χ0) is 24.5. The molecule has 2 aromatic heterocycles. The fourth-order valence-electron chi connectivity index (χ4n) is 4.29. The van der Waals surface area contributed by atoms with E-state index in [1.54, 1.807) is 22.7 Å². The van der Waals surface area contributed by atoms with Crippen LogP contribution in [0.4, 0.5) is 4.39 Å². The lowest BCUT2D eigenvalue weighted by atomic mass is 9.98. The van der Waals surface area contributed by atoms with E-state index in [0.29, 0.717) is 39.5 Å². The fraction of sp³-hybridized carbons (Fsp3) is 0.250. The number of halogens is 2. The number of carbonyl (C=O) groups excluding carboxylic acids is 1. The number of rotatable bonds is 7. The molecule has 0 atom stereocenters. The number of hydrogen-bond acceptors (Lipinski definition) is 3. The molecule has 178 valence electrons. The first kappa shape index (κ1) is 23.4. The molecule has 0 radical (unpaired) electrons. The van der Waals surface area contributed by atoms with E-state index in [2.05, 4.69) is 56.5 Å². The summed E-state index contributed by atoms with van der Waals surface area (Å²) in [6.07, 6.45) is 4.92. The molecule has 0 bridgehead atoms. The summed E-state index contributed by atoms with van der Waals surface area (Å²) in [7, 11) is 0. The summed E-state index contributed by atoms with van der Waals surface area (Å²) in [6, 6.07) is 16.7. The highest BCUT2D eigenvalue weighted by Gasteiger charge is 2.28. The van der Waals surface area contributed by atoms with E-state index in [4.69, 9.17) is 0 Å². The Balaban J connectivity index is 1.39. The van der Waals surface area contributed by atoms with Gasteiger partial charge in [0.2, 0.25) is 0 Å². The highest BCUT2D eigenvalue weighted by atomic mass is 79.9.